The highest BCUT2D eigenvalue weighted by Gasteiger charge is 2.42. The summed E-state index contributed by atoms with van der Waals surface area (Å²) in [5.41, 5.74) is 4.68. The third kappa shape index (κ3) is 7.83. The molecule has 2 fully saturated rings. The number of fused-ring (bicyclic) bond motifs is 1. The number of methoxy groups -OCH3 is 2. The van der Waals surface area contributed by atoms with Crippen LogP contribution in [-0.4, -0.2) is 104 Å². The number of ether oxygens (including phenoxy) is 3. The summed E-state index contributed by atoms with van der Waals surface area (Å²) in [5, 5.41) is 0.727. The molecule has 0 radical (unpaired) electrons. The second kappa shape index (κ2) is 16.3. The van der Waals surface area contributed by atoms with Crippen LogP contribution in [0.3, 0.4) is 0 Å². The highest BCUT2D eigenvalue weighted by atomic mass is 35.5. The minimum absolute atomic E-state index is 0. The van der Waals surface area contributed by atoms with E-state index >= 15 is 0 Å². The molecule has 2 aliphatic rings. The van der Waals surface area contributed by atoms with Crippen LogP contribution in [-0.2, 0) is 16.7 Å². The molecule has 0 spiro atoms. The Labute approximate surface area is 294 Å². The number of hydrogen-bond acceptors (Lipinski definition) is 7. The first-order valence-corrected chi connectivity index (χ1v) is 17.5. The minimum Gasteiger partial charge on any atom is -0.493 e. The van der Waals surface area contributed by atoms with Crippen molar-refractivity contribution in [3.8, 4) is 11.5 Å². The summed E-state index contributed by atoms with van der Waals surface area (Å²) in [6.07, 6.45) is 2.88. The molecule has 10 nitrogen and oxygen atoms in total. The van der Waals surface area contributed by atoms with E-state index in [1.807, 2.05) is 36.9 Å². The zero-order valence-corrected chi connectivity index (χ0v) is 30.0. The average molecular weight is 692 g/mol. The van der Waals surface area contributed by atoms with Gasteiger partial charge < -0.3 is 39.0 Å². The van der Waals surface area contributed by atoms with E-state index in [0.717, 1.165) is 86.1 Å². The van der Waals surface area contributed by atoms with Gasteiger partial charge in [-0.05, 0) is 93.7 Å². The molecule has 1 atom stereocenters. The Morgan fingerprint density at radius 1 is 0.959 bits per heavy atom. The van der Waals surface area contributed by atoms with Crippen molar-refractivity contribution >= 4 is 34.5 Å². The third-order valence-corrected chi connectivity index (χ3v) is 10.3. The smallest absolute Gasteiger partial charge is 0.254 e. The summed E-state index contributed by atoms with van der Waals surface area (Å²) in [6.45, 7) is 12.2. The number of imidazole rings is 1. The molecule has 1 unspecified atom stereocenters. The molecule has 4 aromatic rings. The number of para-hydroxylation sites is 2. The van der Waals surface area contributed by atoms with E-state index in [9.17, 15) is 4.79 Å². The van der Waals surface area contributed by atoms with Crippen LogP contribution < -0.4 is 14.4 Å². The van der Waals surface area contributed by atoms with Gasteiger partial charge in [0.2, 0.25) is 5.95 Å². The summed E-state index contributed by atoms with van der Waals surface area (Å²) in [4.78, 5) is 26.0. The van der Waals surface area contributed by atoms with Crippen LogP contribution in [0.2, 0.25) is 5.02 Å². The zero-order chi connectivity index (χ0) is 33.7. The van der Waals surface area contributed by atoms with Crippen molar-refractivity contribution in [2.24, 2.45) is 0 Å². The molecule has 3 heterocycles. The lowest BCUT2D eigenvalue weighted by Gasteiger charge is -2.33. The lowest BCUT2D eigenvalue weighted by molar-refractivity contribution is 0.0780. The lowest BCUT2D eigenvalue weighted by atomic mass is 9.76. The first-order chi connectivity index (χ1) is 23.4. The van der Waals surface area contributed by atoms with Crippen LogP contribution in [0.15, 0.2) is 60.7 Å². The van der Waals surface area contributed by atoms with Gasteiger partial charge in [-0.25, -0.2) is 4.98 Å². The number of carbonyl (C=O) groups is 1. The van der Waals surface area contributed by atoms with E-state index in [2.05, 4.69) is 50.8 Å². The lowest BCUT2D eigenvalue weighted by Crippen LogP contribution is -2.39. The molecular formula is C38H50ClN5O5. The molecule has 2 aliphatic heterocycles. The first-order valence-electron chi connectivity index (χ1n) is 17.1. The molecular weight excluding hydrogens is 642 g/mol. The number of carbonyl (C=O) groups excluding carboxylic acids is 1. The Morgan fingerprint density at radius 2 is 1.80 bits per heavy atom. The van der Waals surface area contributed by atoms with Crippen molar-refractivity contribution in [1.82, 2.24) is 19.4 Å². The predicted octanol–water partition coefficient (Wildman–Crippen LogP) is 5.61. The van der Waals surface area contributed by atoms with E-state index < -0.39 is 0 Å². The Morgan fingerprint density at radius 3 is 2.57 bits per heavy atom. The molecule has 1 amide bonds. The summed E-state index contributed by atoms with van der Waals surface area (Å²) >= 11 is 6.55. The second-order valence-corrected chi connectivity index (χ2v) is 13.4. The van der Waals surface area contributed by atoms with Gasteiger partial charge in [-0.1, -0.05) is 35.9 Å². The quantitative estimate of drug-likeness (QED) is 0.178. The first kappa shape index (κ1) is 36.5. The monoisotopic (exact) mass is 691 g/mol. The van der Waals surface area contributed by atoms with E-state index in [0.29, 0.717) is 43.4 Å². The molecule has 11 heteroatoms. The van der Waals surface area contributed by atoms with E-state index in [-0.39, 0.29) is 16.8 Å². The molecule has 2 N–H and O–H groups in total. The van der Waals surface area contributed by atoms with Gasteiger partial charge in [-0.2, -0.15) is 0 Å². The van der Waals surface area contributed by atoms with Crippen LogP contribution in [0.5, 0.6) is 11.5 Å². The molecule has 0 saturated carbocycles. The highest BCUT2D eigenvalue weighted by Crippen LogP contribution is 2.40. The Kier molecular flexibility index (Phi) is 12.1. The van der Waals surface area contributed by atoms with E-state index in [1.165, 1.54) is 5.56 Å². The molecule has 6 rings (SSSR count). The standard InChI is InChI=1S/C38H48ClN5O4.H2O/c1-5-48-23-22-44-33-13-7-6-12-32(33)40-37(44)42-17-9-16-41(20-21-42)18-14-38(30-10-8-11-31(39)26-30)15-19-43(27-38)36(45)29-24-28(2)35(47-4)34(25-29)46-3;/h6-8,10-13,24-26H,5,9,14-23,27H2,1-4H3;1H2. The van der Waals surface area contributed by atoms with Crippen LogP contribution in [0, 0.1) is 6.92 Å². The number of rotatable bonds is 12. The maximum atomic E-state index is 13.9. The minimum atomic E-state index is -0.189. The Hall–Kier alpha value is -3.83. The number of amides is 1. The normalized spacial score (nSPS) is 18.4. The van der Waals surface area contributed by atoms with Crippen molar-refractivity contribution in [3.05, 3.63) is 82.4 Å². The molecule has 3 aromatic carbocycles. The summed E-state index contributed by atoms with van der Waals surface area (Å²) in [7, 11) is 3.22. The van der Waals surface area contributed by atoms with Crippen molar-refractivity contribution in [3.63, 3.8) is 0 Å². The molecule has 0 aliphatic carbocycles. The number of nitrogens with zero attached hydrogens (tertiary/aromatic N) is 5. The van der Waals surface area contributed by atoms with Gasteiger partial charge >= 0.3 is 0 Å². The maximum absolute atomic E-state index is 13.9. The van der Waals surface area contributed by atoms with E-state index in [1.54, 1.807) is 20.3 Å². The van der Waals surface area contributed by atoms with Crippen molar-refractivity contribution in [2.45, 2.75) is 45.1 Å². The van der Waals surface area contributed by atoms with Crippen LogP contribution in [0.25, 0.3) is 11.0 Å². The van der Waals surface area contributed by atoms with Gasteiger partial charge in [0.05, 0.1) is 31.9 Å². The average Bonchev–Trinajstić information content (AvgIpc) is 3.62. The zero-order valence-electron chi connectivity index (χ0n) is 29.2. The van der Waals surface area contributed by atoms with Gasteiger partial charge in [0.25, 0.3) is 5.91 Å². The van der Waals surface area contributed by atoms with Gasteiger partial charge in [0.1, 0.15) is 0 Å². The van der Waals surface area contributed by atoms with Crippen LogP contribution >= 0.6 is 11.6 Å². The predicted molar refractivity (Wildman–Crippen MR) is 196 cm³/mol. The third-order valence-electron chi connectivity index (χ3n) is 10.1. The molecule has 264 valence electrons. The van der Waals surface area contributed by atoms with Gasteiger partial charge in [0, 0.05) is 61.9 Å². The fourth-order valence-corrected chi connectivity index (χ4v) is 7.69. The number of halogens is 1. The summed E-state index contributed by atoms with van der Waals surface area (Å²) < 4.78 is 19.1. The number of hydrogen-bond donors (Lipinski definition) is 0. The second-order valence-electron chi connectivity index (χ2n) is 13.0. The SMILES string of the molecule is CCOCCn1c(N2CCCN(CCC3(c4cccc(Cl)c4)CCN(C(=O)c4cc(C)c(OC)c(OC)c4)C3)CC2)nc2ccccc21.O. The largest absolute Gasteiger partial charge is 0.493 e. The van der Waals surface area contributed by atoms with E-state index in [4.69, 9.17) is 30.8 Å². The number of benzene rings is 3. The topological polar surface area (TPSA) is 104 Å². The molecule has 0 bridgehead atoms. The van der Waals surface area contributed by atoms with Gasteiger partial charge in [-0.15, -0.1) is 0 Å². The Balaban J connectivity index is 0.00000468. The fraction of sp³-hybridized carbons (Fsp3) is 0.474. The van der Waals surface area contributed by atoms with Crippen molar-refractivity contribution < 1.29 is 24.5 Å². The van der Waals surface area contributed by atoms with Crippen LogP contribution in [0.1, 0.15) is 47.7 Å². The maximum Gasteiger partial charge on any atom is 0.254 e. The van der Waals surface area contributed by atoms with Gasteiger partial charge in [-0.3, -0.25) is 4.79 Å². The van der Waals surface area contributed by atoms with Gasteiger partial charge in [0.15, 0.2) is 11.5 Å². The number of anilines is 1. The number of aryl methyl sites for hydroxylation is 1. The molecule has 49 heavy (non-hydrogen) atoms. The highest BCUT2D eigenvalue weighted by molar-refractivity contribution is 6.30. The van der Waals surface area contributed by atoms with Crippen LogP contribution in [0.4, 0.5) is 5.95 Å². The summed E-state index contributed by atoms with van der Waals surface area (Å²) in [6, 6.07) is 20.3. The molecule has 1 aromatic heterocycles. The number of likely N-dealkylation sites (tertiary alicyclic amines) is 1. The molecule has 2 saturated heterocycles. The number of aromatic nitrogens is 2. The Bertz CT molecular complexity index is 1730. The summed E-state index contributed by atoms with van der Waals surface area (Å²) in [5.74, 6) is 2.27. The fourth-order valence-electron chi connectivity index (χ4n) is 7.50. The van der Waals surface area contributed by atoms with Crippen molar-refractivity contribution in [1.29, 1.82) is 0 Å². The van der Waals surface area contributed by atoms with Crippen molar-refractivity contribution in [2.75, 3.05) is 78.1 Å².